The molecule has 0 saturated heterocycles. The van der Waals surface area contributed by atoms with Gasteiger partial charge < -0.3 is 5.32 Å². The summed E-state index contributed by atoms with van der Waals surface area (Å²) in [4.78, 5) is 0. The topological polar surface area (TPSA) is 35.8 Å². The summed E-state index contributed by atoms with van der Waals surface area (Å²) in [7, 11) is 0. The molecule has 18 heavy (non-hydrogen) atoms. The number of hydrogen-bond acceptors (Lipinski definition) is 2. The van der Waals surface area contributed by atoms with Crippen molar-refractivity contribution in [3.05, 3.63) is 35.9 Å². The molecule has 1 aromatic rings. The third-order valence-corrected chi connectivity index (χ3v) is 4.65. The van der Waals surface area contributed by atoms with Gasteiger partial charge in [0.25, 0.3) is 0 Å². The Morgan fingerprint density at radius 2 is 2.06 bits per heavy atom. The normalized spacial score (nSPS) is 31.2. The van der Waals surface area contributed by atoms with Crippen molar-refractivity contribution >= 4 is 0 Å². The fraction of sp³-hybridized carbons (Fsp3) is 0.562. The van der Waals surface area contributed by atoms with Crippen LogP contribution in [0.15, 0.2) is 30.3 Å². The van der Waals surface area contributed by atoms with E-state index < -0.39 is 0 Å². The number of nitriles is 1. The molecule has 2 heteroatoms. The van der Waals surface area contributed by atoms with Gasteiger partial charge in [-0.05, 0) is 36.7 Å². The van der Waals surface area contributed by atoms with Gasteiger partial charge in [0.1, 0.15) is 0 Å². The SMILES string of the molecule is N#CCC(NC1CC2CCC1C2)c1ccccc1. The molecule has 0 aliphatic heterocycles. The number of benzene rings is 1. The minimum absolute atomic E-state index is 0.209. The Hall–Kier alpha value is -1.33. The molecule has 2 aliphatic carbocycles. The van der Waals surface area contributed by atoms with Crippen LogP contribution in [-0.4, -0.2) is 6.04 Å². The van der Waals surface area contributed by atoms with Crippen molar-refractivity contribution < 1.29 is 0 Å². The maximum Gasteiger partial charge on any atom is 0.0641 e. The summed E-state index contributed by atoms with van der Waals surface area (Å²) < 4.78 is 0. The summed E-state index contributed by atoms with van der Waals surface area (Å²) in [5, 5.41) is 12.8. The van der Waals surface area contributed by atoms with Crippen molar-refractivity contribution in [1.29, 1.82) is 5.26 Å². The van der Waals surface area contributed by atoms with Gasteiger partial charge in [0.05, 0.1) is 12.5 Å². The monoisotopic (exact) mass is 240 g/mol. The molecule has 94 valence electrons. The molecule has 2 saturated carbocycles. The first-order chi connectivity index (χ1) is 8.86. The third-order valence-electron chi connectivity index (χ3n) is 4.65. The van der Waals surface area contributed by atoms with Crippen LogP contribution in [0.5, 0.6) is 0 Å². The molecule has 4 atom stereocenters. The van der Waals surface area contributed by atoms with Crippen LogP contribution in [0.1, 0.15) is 43.7 Å². The van der Waals surface area contributed by atoms with Crippen molar-refractivity contribution in [2.24, 2.45) is 11.8 Å². The van der Waals surface area contributed by atoms with Crippen LogP contribution in [0.25, 0.3) is 0 Å². The lowest BCUT2D eigenvalue weighted by atomic mass is 9.93. The van der Waals surface area contributed by atoms with E-state index in [0.29, 0.717) is 12.5 Å². The number of rotatable bonds is 4. The van der Waals surface area contributed by atoms with Crippen LogP contribution in [-0.2, 0) is 0 Å². The zero-order chi connectivity index (χ0) is 12.4. The first-order valence-corrected chi connectivity index (χ1v) is 7.04. The van der Waals surface area contributed by atoms with Gasteiger partial charge in [0, 0.05) is 12.1 Å². The summed E-state index contributed by atoms with van der Waals surface area (Å²) in [5.41, 5.74) is 1.25. The van der Waals surface area contributed by atoms with Gasteiger partial charge in [0.15, 0.2) is 0 Å². The van der Waals surface area contributed by atoms with Crippen molar-refractivity contribution in [3.63, 3.8) is 0 Å². The molecular formula is C16H20N2. The highest BCUT2D eigenvalue weighted by molar-refractivity contribution is 5.20. The highest BCUT2D eigenvalue weighted by Crippen LogP contribution is 2.45. The standard InChI is InChI=1S/C16H20N2/c17-9-8-15(13-4-2-1-3-5-13)18-16-11-12-6-7-14(16)10-12/h1-5,12,14-16,18H,6-8,10-11H2. The number of nitrogens with zero attached hydrogens (tertiary/aromatic N) is 1. The van der Waals surface area contributed by atoms with Gasteiger partial charge in [-0.15, -0.1) is 0 Å². The smallest absolute Gasteiger partial charge is 0.0641 e. The van der Waals surface area contributed by atoms with Crippen LogP contribution in [0.2, 0.25) is 0 Å². The Morgan fingerprint density at radius 3 is 2.67 bits per heavy atom. The lowest BCUT2D eigenvalue weighted by molar-refractivity contribution is 0.320. The minimum atomic E-state index is 0.209. The predicted octanol–water partition coefficient (Wildman–Crippen LogP) is 3.42. The molecule has 2 fully saturated rings. The first-order valence-electron chi connectivity index (χ1n) is 7.04. The van der Waals surface area contributed by atoms with E-state index in [9.17, 15) is 0 Å². The zero-order valence-corrected chi connectivity index (χ0v) is 10.7. The van der Waals surface area contributed by atoms with E-state index in [2.05, 4.69) is 35.7 Å². The van der Waals surface area contributed by atoms with Crippen LogP contribution >= 0.6 is 0 Å². The molecule has 0 heterocycles. The Bertz CT molecular complexity index is 434. The Labute approximate surface area is 109 Å². The van der Waals surface area contributed by atoms with E-state index in [4.69, 9.17) is 5.26 Å². The molecule has 0 spiro atoms. The molecule has 1 aromatic carbocycles. The fourth-order valence-electron chi connectivity index (χ4n) is 3.76. The van der Waals surface area contributed by atoms with E-state index in [0.717, 1.165) is 11.8 Å². The zero-order valence-electron chi connectivity index (χ0n) is 10.7. The van der Waals surface area contributed by atoms with Gasteiger partial charge in [-0.2, -0.15) is 5.26 Å². The molecule has 0 amide bonds. The second-order valence-electron chi connectivity index (χ2n) is 5.77. The van der Waals surface area contributed by atoms with Gasteiger partial charge in [-0.25, -0.2) is 0 Å². The quantitative estimate of drug-likeness (QED) is 0.875. The number of fused-ring (bicyclic) bond motifs is 2. The second kappa shape index (κ2) is 5.12. The average Bonchev–Trinajstić information content (AvgIpc) is 3.01. The van der Waals surface area contributed by atoms with Gasteiger partial charge >= 0.3 is 0 Å². The molecular weight excluding hydrogens is 220 g/mol. The third kappa shape index (κ3) is 2.28. The Balaban J connectivity index is 1.70. The number of hydrogen-bond donors (Lipinski definition) is 1. The molecule has 1 N–H and O–H groups in total. The van der Waals surface area contributed by atoms with Crippen molar-refractivity contribution in [3.8, 4) is 6.07 Å². The molecule has 0 radical (unpaired) electrons. The molecule has 2 aliphatic rings. The van der Waals surface area contributed by atoms with Crippen LogP contribution < -0.4 is 5.32 Å². The van der Waals surface area contributed by atoms with Crippen molar-refractivity contribution in [1.82, 2.24) is 5.32 Å². The summed E-state index contributed by atoms with van der Waals surface area (Å²) >= 11 is 0. The average molecular weight is 240 g/mol. The summed E-state index contributed by atoms with van der Waals surface area (Å²) in [6.45, 7) is 0. The van der Waals surface area contributed by atoms with E-state index in [1.54, 1.807) is 0 Å². The largest absolute Gasteiger partial charge is 0.306 e. The highest BCUT2D eigenvalue weighted by Gasteiger charge is 2.40. The summed E-state index contributed by atoms with van der Waals surface area (Å²) in [6, 6.07) is 13.6. The Morgan fingerprint density at radius 1 is 1.22 bits per heavy atom. The molecule has 2 nitrogen and oxygen atoms in total. The predicted molar refractivity (Wildman–Crippen MR) is 71.8 cm³/mol. The van der Waals surface area contributed by atoms with Crippen LogP contribution in [0.3, 0.4) is 0 Å². The molecule has 4 unspecified atom stereocenters. The lowest BCUT2D eigenvalue weighted by Crippen LogP contribution is -2.36. The lowest BCUT2D eigenvalue weighted by Gasteiger charge is -2.28. The highest BCUT2D eigenvalue weighted by atomic mass is 15.0. The van der Waals surface area contributed by atoms with Crippen LogP contribution in [0, 0.1) is 23.2 Å². The van der Waals surface area contributed by atoms with E-state index in [-0.39, 0.29) is 6.04 Å². The van der Waals surface area contributed by atoms with Gasteiger partial charge in [0.2, 0.25) is 0 Å². The van der Waals surface area contributed by atoms with Gasteiger partial charge in [-0.1, -0.05) is 36.8 Å². The summed E-state index contributed by atoms with van der Waals surface area (Å²) in [6.07, 6.45) is 6.11. The molecule has 0 aromatic heterocycles. The summed E-state index contributed by atoms with van der Waals surface area (Å²) in [5.74, 6) is 1.81. The molecule has 2 bridgehead atoms. The minimum Gasteiger partial charge on any atom is -0.306 e. The fourth-order valence-corrected chi connectivity index (χ4v) is 3.76. The van der Waals surface area contributed by atoms with Gasteiger partial charge in [-0.3, -0.25) is 0 Å². The van der Waals surface area contributed by atoms with Crippen LogP contribution in [0.4, 0.5) is 0 Å². The maximum absolute atomic E-state index is 9.01. The van der Waals surface area contributed by atoms with E-state index in [1.165, 1.54) is 31.2 Å². The van der Waals surface area contributed by atoms with E-state index >= 15 is 0 Å². The molecule has 3 rings (SSSR count). The second-order valence-corrected chi connectivity index (χ2v) is 5.77. The van der Waals surface area contributed by atoms with Crippen molar-refractivity contribution in [2.45, 2.75) is 44.2 Å². The first kappa shape index (κ1) is 11.7. The van der Waals surface area contributed by atoms with Crippen molar-refractivity contribution in [2.75, 3.05) is 0 Å². The maximum atomic E-state index is 9.01. The number of nitrogens with one attached hydrogen (secondary N) is 1. The van der Waals surface area contributed by atoms with E-state index in [1.807, 2.05) is 6.07 Å². The Kier molecular flexibility index (Phi) is 3.34.